The van der Waals surface area contributed by atoms with Gasteiger partial charge >= 0.3 is 12.1 Å². The van der Waals surface area contributed by atoms with Gasteiger partial charge in [0.2, 0.25) is 5.91 Å². The number of hydrogen-bond acceptors (Lipinski definition) is 3. The van der Waals surface area contributed by atoms with Crippen LogP contribution in [0.25, 0.3) is 0 Å². The molecule has 0 aliphatic heterocycles. The second-order valence-electron chi connectivity index (χ2n) is 4.70. The van der Waals surface area contributed by atoms with Crippen molar-refractivity contribution in [3.8, 4) is 0 Å². The normalized spacial score (nSPS) is 13.9. The molecule has 5 N–H and O–H groups in total. The molecule has 0 bridgehead atoms. The summed E-state index contributed by atoms with van der Waals surface area (Å²) in [6.07, 6.45) is -5.17. The zero-order valence-electron chi connectivity index (χ0n) is 11.6. The lowest BCUT2D eigenvalue weighted by Crippen LogP contribution is -2.42. The van der Waals surface area contributed by atoms with Crippen molar-refractivity contribution < 1.29 is 27.9 Å². The fourth-order valence-corrected chi connectivity index (χ4v) is 2.01. The molecule has 1 amide bonds. The Labute approximate surface area is 130 Å². The van der Waals surface area contributed by atoms with Crippen LogP contribution in [-0.4, -0.2) is 23.0 Å². The first-order valence-electron chi connectivity index (χ1n) is 5.98. The van der Waals surface area contributed by atoms with Crippen LogP contribution in [0.3, 0.4) is 0 Å². The van der Waals surface area contributed by atoms with Crippen molar-refractivity contribution >= 4 is 24.3 Å². The Morgan fingerprint density at radius 2 is 1.86 bits per heavy atom. The first kappa shape index (κ1) is 20.2. The molecule has 0 saturated heterocycles. The van der Waals surface area contributed by atoms with Crippen LogP contribution >= 0.6 is 12.4 Å². The third kappa shape index (κ3) is 4.88. The molecule has 0 aliphatic carbocycles. The van der Waals surface area contributed by atoms with Gasteiger partial charge in [-0.15, -0.1) is 12.4 Å². The number of amides is 1. The lowest BCUT2D eigenvalue weighted by atomic mass is 9.86. The molecule has 0 spiro atoms. The van der Waals surface area contributed by atoms with E-state index in [0.29, 0.717) is 0 Å². The zero-order chi connectivity index (χ0) is 16.4. The molecule has 5 nitrogen and oxygen atoms in total. The van der Waals surface area contributed by atoms with Crippen molar-refractivity contribution in [2.75, 3.05) is 0 Å². The molecule has 0 saturated carbocycles. The van der Waals surface area contributed by atoms with Gasteiger partial charge in [0.1, 0.15) is 0 Å². The average molecular weight is 341 g/mol. The van der Waals surface area contributed by atoms with Crippen LogP contribution in [0.2, 0.25) is 0 Å². The topological polar surface area (TPSA) is 106 Å². The second-order valence-corrected chi connectivity index (χ2v) is 4.70. The quantitative estimate of drug-likeness (QED) is 0.759. The Morgan fingerprint density at radius 3 is 2.27 bits per heavy atom. The molecule has 9 heteroatoms. The van der Waals surface area contributed by atoms with Gasteiger partial charge in [-0.2, -0.15) is 13.2 Å². The van der Waals surface area contributed by atoms with Gasteiger partial charge < -0.3 is 16.6 Å². The van der Waals surface area contributed by atoms with E-state index in [1.165, 1.54) is 19.1 Å². The molecule has 0 radical (unpaired) electrons. The monoisotopic (exact) mass is 340 g/mol. The fourth-order valence-electron chi connectivity index (χ4n) is 2.01. The Hall–Kier alpha value is -1.80. The van der Waals surface area contributed by atoms with E-state index in [1.54, 1.807) is 0 Å². The molecule has 0 aliphatic rings. The number of carboxylic acid groups (broad SMARTS) is 1. The van der Waals surface area contributed by atoms with Gasteiger partial charge in [0, 0.05) is 5.92 Å². The molecule has 1 aromatic rings. The van der Waals surface area contributed by atoms with Crippen molar-refractivity contribution in [3.63, 3.8) is 0 Å². The van der Waals surface area contributed by atoms with Gasteiger partial charge in [0.05, 0.1) is 18.0 Å². The molecule has 0 aromatic heterocycles. The number of aryl methyl sites for hydroxylation is 1. The van der Waals surface area contributed by atoms with Crippen molar-refractivity contribution in [3.05, 3.63) is 34.9 Å². The van der Waals surface area contributed by atoms with Gasteiger partial charge in [-0.25, -0.2) is 0 Å². The summed E-state index contributed by atoms with van der Waals surface area (Å²) < 4.78 is 38.6. The van der Waals surface area contributed by atoms with Crippen LogP contribution in [-0.2, 0) is 15.8 Å². The Kier molecular flexibility index (Phi) is 6.85. The molecule has 22 heavy (non-hydrogen) atoms. The summed E-state index contributed by atoms with van der Waals surface area (Å²) in [7, 11) is 0. The Morgan fingerprint density at radius 1 is 1.32 bits per heavy atom. The minimum Gasteiger partial charge on any atom is -0.481 e. The standard InChI is InChI=1S/C13H15F3N2O3.ClH/c1-6-2-3-7(4-9(6)13(14,15)16)8(5-10(19)20)11(17)12(18)21;/h2-4,8,11H,5,17H2,1H3,(H2,18,21)(H,19,20);1H/t8-,11?;/m0./s1. The van der Waals surface area contributed by atoms with Crippen LogP contribution in [0.5, 0.6) is 0 Å². The maximum Gasteiger partial charge on any atom is 0.416 e. The molecular weight excluding hydrogens is 325 g/mol. The van der Waals surface area contributed by atoms with E-state index in [0.717, 1.165) is 6.07 Å². The number of rotatable bonds is 5. The van der Waals surface area contributed by atoms with Crippen molar-refractivity contribution in [2.24, 2.45) is 11.5 Å². The van der Waals surface area contributed by atoms with E-state index in [4.69, 9.17) is 16.6 Å². The van der Waals surface area contributed by atoms with E-state index in [2.05, 4.69) is 0 Å². The lowest BCUT2D eigenvalue weighted by molar-refractivity contribution is -0.138. The molecule has 1 rings (SSSR count). The number of nitrogens with two attached hydrogens (primary N) is 2. The highest BCUT2D eigenvalue weighted by atomic mass is 35.5. The third-order valence-electron chi connectivity index (χ3n) is 3.15. The van der Waals surface area contributed by atoms with E-state index >= 15 is 0 Å². The van der Waals surface area contributed by atoms with Gasteiger partial charge in [-0.05, 0) is 24.1 Å². The van der Waals surface area contributed by atoms with E-state index in [-0.39, 0.29) is 23.5 Å². The van der Waals surface area contributed by atoms with Crippen LogP contribution in [0.4, 0.5) is 13.2 Å². The summed E-state index contributed by atoms with van der Waals surface area (Å²) in [6.45, 7) is 1.28. The molecule has 1 aromatic carbocycles. The van der Waals surface area contributed by atoms with E-state index in [9.17, 15) is 22.8 Å². The summed E-state index contributed by atoms with van der Waals surface area (Å²) >= 11 is 0. The van der Waals surface area contributed by atoms with Gasteiger partial charge in [-0.1, -0.05) is 12.1 Å². The van der Waals surface area contributed by atoms with E-state index < -0.39 is 42.0 Å². The number of carbonyl (C=O) groups excluding carboxylic acids is 1. The maximum atomic E-state index is 12.9. The number of hydrogen-bond donors (Lipinski definition) is 3. The number of halogens is 4. The van der Waals surface area contributed by atoms with Gasteiger partial charge in [0.25, 0.3) is 0 Å². The van der Waals surface area contributed by atoms with Crippen LogP contribution in [0.1, 0.15) is 29.0 Å². The highest BCUT2D eigenvalue weighted by Gasteiger charge is 2.34. The summed E-state index contributed by atoms with van der Waals surface area (Å²) in [6, 6.07) is 1.96. The van der Waals surface area contributed by atoms with Crippen molar-refractivity contribution in [2.45, 2.75) is 31.5 Å². The highest BCUT2D eigenvalue weighted by Crippen LogP contribution is 2.34. The smallest absolute Gasteiger partial charge is 0.416 e. The predicted octanol–water partition coefficient (Wildman–Crippen LogP) is 1.81. The number of aliphatic carboxylic acids is 1. The molecule has 0 heterocycles. The molecule has 1 unspecified atom stereocenters. The summed E-state index contributed by atoms with van der Waals surface area (Å²) in [5.41, 5.74) is 9.66. The molecule has 0 fully saturated rings. The van der Waals surface area contributed by atoms with Crippen LogP contribution in [0, 0.1) is 6.92 Å². The predicted molar refractivity (Wildman–Crippen MR) is 75.6 cm³/mol. The third-order valence-corrected chi connectivity index (χ3v) is 3.15. The lowest BCUT2D eigenvalue weighted by Gasteiger charge is -2.22. The number of carboxylic acids is 1. The van der Waals surface area contributed by atoms with Crippen LogP contribution < -0.4 is 11.5 Å². The van der Waals surface area contributed by atoms with Crippen LogP contribution in [0.15, 0.2) is 18.2 Å². The SMILES string of the molecule is Cc1ccc([C@H](CC(=O)O)C(N)C(N)=O)cc1C(F)(F)F.Cl. The first-order chi connectivity index (χ1) is 9.54. The minimum absolute atomic E-state index is 0. The summed E-state index contributed by atoms with van der Waals surface area (Å²) in [5.74, 6) is -3.39. The summed E-state index contributed by atoms with van der Waals surface area (Å²) in [4.78, 5) is 22.0. The Balaban J connectivity index is 0.00000441. The summed E-state index contributed by atoms with van der Waals surface area (Å²) in [5, 5.41) is 8.83. The zero-order valence-corrected chi connectivity index (χ0v) is 12.4. The maximum absolute atomic E-state index is 12.9. The largest absolute Gasteiger partial charge is 0.481 e. The molecule has 124 valence electrons. The minimum atomic E-state index is -4.58. The van der Waals surface area contributed by atoms with Gasteiger partial charge in [0.15, 0.2) is 0 Å². The second kappa shape index (κ2) is 7.46. The number of primary amides is 1. The molecular formula is C13H16ClF3N2O3. The fraction of sp³-hybridized carbons (Fsp3) is 0.385. The van der Waals surface area contributed by atoms with Crippen molar-refractivity contribution in [1.82, 2.24) is 0 Å². The van der Waals surface area contributed by atoms with E-state index in [1.807, 2.05) is 0 Å². The highest BCUT2D eigenvalue weighted by molar-refractivity contribution is 5.85. The Bertz CT molecular complexity index is 564. The average Bonchev–Trinajstić information content (AvgIpc) is 2.34. The first-order valence-corrected chi connectivity index (χ1v) is 5.98. The molecule has 2 atom stereocenters. The van der Waals surface area contributed by atoms with Crippen molar-refractivity contribution in [1.29, 1.82) is 0 Å². The van der Waals surface area contributed by atoms with Gasteiger partial charge in [-0.3, -0.25) is 9.59 Å². The number of alkyl halides is 3. The number of benzene rings is 1. The number of carbonyl (C=O) groups is 2.